The van der Waals surface area contributed by atoms with E-state index in [0.717, 1.165) is 32.1 Å². The normalized spacial score (nSPS) is 39.2. The Hall–Kier alpha value is -0.520. The van der Waals surface area contributed by atoms with Gasteiger partial charge in [0.1, 0.15) is 54.9 Å². The fraction of sp³-hybridized carbons (Fsp3) is 1.00. The van der Waals surface area contributed by atoms with Gasteiger partial charge in [0.25, 0.3) is 0 Å². The molecule has 0 saturated carbocycles. The molecule has 2 rings (SSSR count). The second kappa shape index (κ2) is 15.8. The van der Waals surface area contributed by atoms with E-state index in [4.69, 9.17) is 23.7 Å². The Bertz CT molecular complexity index is 594. The molecule has 13 nitrogen and oxygen atoms in total. The second-order valence-corrected chi connectivity index (χ2v) is 9.35. The highest BCUT2D eigenvalue weighted by Crippen LogP contribution is 2.29. The van der Waals surface area contributed by atoms with Crippen LogP contribution in [-0.2, 0) is 23.7 Å². The smallest absolute Gasteiger partial charge is 0.187 e. The van der Waals surface area contributed by atoms with Crippen molar-refractivity contribution in [1.29, 1.82) is 0 Å². The van der Waals surface area contributed by atoms with Crippen molar-refractivity contribution in [3.8, 4) is 0 Å². The molecule has 0 radical (unpaired) electrons. The molecule has 12 atom stereocenters. The van der Waals surface area contributed by atoms with Crippen molar-refractivity contribution in [2.45, 2.75) is 120 Å². The zero-order valence-corrected chi connectivity index (χ0v) is 20.9. The molecule has 0 spiro atoms. The average Bonchev–Trinajstić information content (AvgIpc) is 2.88. The van der Waals surface area contributed by atoms with E-state index < -0.39 is 80.7 Å². The summed E-state index contributed by atoms with van der Waals surface area (Å²) in [5, 5.41) is 80.4. The minimum Gasteiger partial charge on any atom is -0.394 e. The lowest BCUT2D eigenvalue weighted by Gasteiger charge is -2.46. The fourth-order valence-electron chi connectivity index (χ4n) is 4.22. The molecule has 2 saturated heterocycles. The van der Waals surface area contributed by atoms with Crippen molar-refractivity contribution in [1.82, 2.24) is 0 Å². The van der Waals surface area contributed by atoms with E-state index in [0.29, 0.717) is 0 Å². The topological polar surface area (TPSA) is 208 Å². The van der Waals surface area contributed by atoms with Crippen molar-refractivity contribution in [2.75, 3.05) is 26.4 Å². The Morgan fingerprint density at radius 2 is 1.39 bits per heavy atom. The van der Waals surface area contributed by atoms with Gasteiger partial charge in [-0.15, -0.1) is 0 Å². The molecule has 0 aromatic rings. The first-order chi connectivity index (χ1) is 17.2. The Kier molecular flexibility index (Phi) is 13.9. The summed E-state index contributed by atoms with van der Waals surface area (Å²) < 4.78 is 27.4. The van der Waals surface area contributed by atoms with Gasteiger partial charge in [0.05, 0.1) is 32.5 Å². The molecule has 13 heteroatoms. The third-order valence-electron chi connectivity index (χ3n) is 6.52. The standard InChI is InChI=1S/C23H44O13/c1-3-5-6-7-13(4-2)32-10-12(26)11-33-22-20(31)18(29)21(15(9-25)35-22)36-23-19(30)17(28)16(27)14(8-24)34-23/h12-31H,3-11H2,1-2H3/t12?,13?,14-,15-,16+,17+,18-,19-,20-,21-,22+,23+/m1/s1. The van der Waals surface area contributed by atoms with E-state index in [1.165, 1.54) is 0 Å². The highest BCUT2D eigenvalue weighted by Gasteiger charge is 2.50. The van der Waals surface area contributed by atoms with Crippen LogP contribution in [0.5, 0.6) is 0 Å². The van der Waals surface area contributed by atoms with Gasteiger partial charge >= 0.3 is 0 Å². The molecular formula is C23H44O13. The van der Waals surface area contributed by atoms with Crippen LogP contribution in [0.1, 0.15) is 46.0 Å². The number of hydrogen-bond donors (Lipinski definition) is 8. The maximum atomic E-state index is 10.6. The SMILES string of the molecule is CCCCCC(CC)OCC(O)CO[C@H]1O[C@H](CO)[C@@H](O[C@@H]2O[C@H](CO)[C@H](O)[C@H](O)[C@H]2O)[C@H](O)[C@H]1O. The first kappa shape index (κ1) is 31.7. The molecule has 0 aromatic heterocycles. The molecule has 2 heterocycles. The first-order valence-electron chi connectivity index (χ1n) is 12.7. The molecule has 2 unspecified atom stereocenters. The molecule has 8 N–H and O–H groups in total. The molecule has 214 valence electrons. The zero-order valence-electron chi connectivity index (χ0n) is 20.9. The van der Waals surface area contributed by atoms with E-state index in [2.05, 4.69) is 6.92 Å². The summed E-state index contributed by atoms with van der Waals surface area (Å²) in [6, 6.07) is 0. The van der Waals surface area contributed by atoms with Gasteiger partial charge in [-0.25, -0.2) is 0 Å². The van der Waals surface area contributed by atoms with Gasteiger partial charge in [0, 0.05) is 0 Å². The maximum Gasteiger partial charge on any atom is 0.187 e. The van der Waals surface area contributed by atoms with Gasteiger partial charge in [-0.2, -0.15) is 0 Å². The Labute approximate surface area is 211 Å². The quantitative estimate of drug-likeness (QED) is 0.102. The van der Waals surface area contributed by atoms with E-state index in [1.54, 1.807) is 0 Å². The van der Waals surface area contributed by atoms with Crippen LogP contribution in [0.25, 0.3) is 0 Å². The van der Waals surface area contributed by atoms with Crippen molar-refractivity contribution < 1.29 is 64.5 Å². The maximum absolute atomic E-state index is 10.6. The van der Waals surface area contributed by atoms with Crippen LogP contribution in [-0.4, -0.2) is 141 Å². The number of hydrogen-bond acceptors (Lipinski definition) is 13. The van der Waals surface area contributed by atoms with Gasteiger partial charge in [0.15, 0.2) is 12.6 Å². The van der Waals surface area contributed by atoms with Crippen LogP contribution < -0.4 is 0 Å². The van der Waals surface area contributed by atoms with Crippen LogP contribution in [0.3, 0.4) is 0 Å². The predicted molar refractivity (Wildman–Crippen MR) is 123 cm³/mol. The van der Waals surface area contributed by atoms with Crippen LogP contribution >= 0.6 is 0 Å². The lowest BCUT2D eigenvalue weighted by Crippen LogP contribution is -2.64. The zero-order chi connectivity index (χ0) is 26.8. The number of aliphatic hydroxyl groups excluding tert-OH is 8. The molecule has 0 bridgehead atoms. The summed E-state index contributed by atoms with van der Waals surface area (Å²) in [6.07, 6.45) is -11.4. The minimum atomic E-state index is -1.75. The second-order valence-electron chi connectivity index (χ2n) is 9.35. The van der Waals surface area contributed by atoms with Gasteiger partial charge in [-0.3, -0.25) is 0 Å². The monoisotopic (exact) mass is 528 g/mol. The number of rotatable bonds is 15. The molecule has 2 aliphatic rings. The minimum absolute atomic E-state index is 0.0161. The molecule has 36 heavy (non-hydrogen) atoms. The van der Waals surface area contributed by atoms with Crippen LogP contribution in [0.4, 0.5) is 0 Å². The third kappa shape index (κ3) is 8.50. The molecule has 0 aromatic carbocycles. The van der Waals surface area contributed by atoms with Gasteiger partial charge in [0.2, 0.25) is 0 Å². The summed E-state index contributed by atoms with van der Waals surface area (Å²) in [6.45, 7) is 2.52. The molecule has 2 fully saturated rings. The summed E-state index contributed by atoms with van der Waals surface area (Å²) in [4.78, 5) is 0. The number of unbranched alkanes of at least 4 members (excludes halogenated alkanes) is 2. The Morgan fingerprint density at radius 1 is 0.750 bits per heavy atom. The van der Waals surface area contributed by atoms with Gasteiger partial charge in [-0.1, -0.05) is 33.1 Å². The van der Waals surface area contributed by atoms with Crippen molar-refractivity contribution in [3.63, 3.8) is 0 Å². The van der Waals surface area contributed by atoms with Crippen LogP contribution in [0.15, 0.2) is 0 Å². The van der Waals surface area contributed by atoms with Gasteiger partial charge < -0.3 is 64.5 Å². The molecular weight excluding hydrogens is 484 g/mol. The Morgan fingerprint density at radius 3 is 2.00 bits per heavy atom. The number of ether oxygens (including phenoxy) is 5. The molecule has 0 aliphatic carbocycles. The van der Waals surface area contributed by atoms with Gasteiger partial charge in [-0.05, 0) is 12.8 Å². The van der Waals surface area contributed by atoms with Crippen molar-refractivity contribution in [2.24, 2.45) is 0 Å². The highest BCUT2D eigenvalue weighted by molar-refractivity contribution is 4.94. The predicted octanol–water partition coefficient (Wildman–Crippen LogP) is -2.64. The third-order valence-corrected chi connectivity index (χ3v) is 6.52. The highest BCUT2D eigenvalue weighted by atomic mass is 16.7. The lowest BCUT2D eigenvalue weighted by molar-refractivity contribution is -0.360. The number of aliphatic hydroxyl groups is 8. The summed E-state index contributed by atoms with van der Waals surface area (Å²) in [7, 11) is 0. The van der Waals surface area contributed by atoms with Crippen molar-refractivity contribution >= 4 is 0 Å². The van der Waals surface area contributed by atoms with E-state index in [1.807, 2.05) is 6.92 Å². The molecule has 0 amide bonds. The summed E-state index contributed by atoms with van der Waals surface area (Å²) in [5.74, 6) is 0. The molecule has 2 aliphatic heterocycles. The largest absolute Gasteiger partial charge is 0.394 e. The average molecular weight is 529 g/mol. The van der Waals surface area contributed by atoms with E-state index in [9.17, 15) is 40.9 Å². The summed E-state index contributed by atoms with van der Waals surface area (Å²) in [5.41, 5.74) is 0. The summed E-state index contributed by atoms with van der Waals surface area (Å²) >= 11 is 0. The van der Waals surface area contributed by atoms with Crippen molar-refractivity contribution in [3.05, 3.63) is 0 Å². The lowest BCUT2D eigenvalue weighted by atomic mass is 9.97. The Balaban J connectivity index is 1.89. The van der Waals surface area contributed by atoms with E-state index >= 15 is 0 Å². The first-order valence-corrected chi connectivity index (χ1v) is 12.7. The van der Waals surface area contributed by atoms with Crippen LogP contribution in [0.2, 0.25) is 0 Å². The van der Waals surface area contributed by atoms with Crippen LogP contribution in [0, 0.1) is 0 Å². The van der Waals surface area contributed by atoms with E-state index in [-0.39, 0.29) is 19.3 Å². The fourth-order valence-corrected chi connectivity index (χ4v) is 4.22.